The maximum atomic E-state index is 6.13. The average Bonchev–Trinajstić information content (AvgIpc) is 2.40. The van der Waals surface area contributed by atoms with Gasteiger partial charge in [0.05, 0.1) is 0 Å². The van der Waals surface area contributed by atoms with E-state index in [1.165, 1.54) is 12.8 Å². The lowest BCUT2D eigenvalue weighted by atomic mass is 9.95. The molecule has 1 unspecified atom stereocenters. The number of aromatic nitrogens is 2. The van der Waals surface area contributed by atoms with E-state index >= 15 is 0 Å². The van der Waals surface area contributed by atoms with Crippen LogP contribution in [-0.2, 0) is 5.41 Å². The van der Waals surface area contributed by atoms with Crippen molar-refractivity contribution in [3.05, 3.63) is 11.4 Å². The van der Waals surface area contributed by atoms with Gasteiger partial charge < -0.3 is 15.5 Å². The molecule has 0 amide bonds. The molecule has 0 aliphatic carbocycles. The van der Waals surface area contributed by atoms with Crippen LogP contribution in [0.15, 0.2) is 0 Å². The molecule has 2 rings (SSSR count). The number of anilines is 2. The van der Waals surface area contributed by atoms with Crippen LogP contribution < -0.4 is 10.6 Å². The first-order valence-electron chi connectivity index (χ1n) is 7.76. The van der Waals surface area contributed by atoms with Gasteiger partial charge in [-0.15, -0.1) is 0 Å². The van der Waals surface area contributed by atoms with E-state index in [-0.39, 0.29) is 5.41 Å². The van der Waals surface area contributed by atoms with E-state index < -0.39 is 0 Å². The van der Waals surface area contributed by atoms with Gasteiger partial charge in [-0.3, -0.25) is 0 Å². The van der Waals surface area contributed by atoms with Crippen LogP contribution in [0.2, 0.25) is 0 Å². The molecule has 0 radical (unpaired) electrons. The van der Waals surface area contributed by atoms with Crippen molar-refractivity contribution in [2.45, 2.75) is 52.0 Å². The van der Waals surface area contributed by atoms with Crippen molar-refractivity contribution in [2.24, 2.45) is 0 Å². The van der Waals surface area contributed by atoms with Crippen LogP contribution in [0.3, 0.4) is 0 Å². The van der Waals surface area contributed by atoms with Crippen molar-refractivity contribution in [1.29, 1.82) is 0 Å². The minimum Gasteiger partial charge on any atom is -0.383 e. The first-order chi connectivity index (χ1) is 9.70. The topological polar surface area (TPSA) is 58.3 Å². The summed E-state index contributed by atoms with van der Waals surface area (Å²) in [5, 5.41) is 0. The van der Waals surface area contributed by atoms with E-state index in [0.717, 1.165) is 30.3 Å². The quantitative estimate of drug-likeness (QED) is 0.905. The number of nitrogen functional groups attached to an aromatic ring is 1. The summed E-state index contributed by atoms with van der Waals surface area (Å²) in [4.78, 5) is 14.0. The van der Waals surface area contributed by atoms with E-state index in [1.807, 2.05) is 6.92 Å². The van der Waals surface area contributed by atoms with Crippen molar-refractivity contribution in [1.82, 2.24) is 14.9 Å². The summed E-state index contributed by atoms with van der Waals surface area (Å²) >= 11 is 0. The normalized spacial score (nSPS) is 20.1. The van der Waals surface area contributed by atoms with Crippen molar-refractivity contribution in [3.8, 4) is 0 Å². The second kappa shape index (κ2) is 5.79. The van der Waals surface area contributed by atoms with E-state index in [2.05, 4.69) is 49.7 Å². The van der Waals surface area contributed by atoms with E-state index in [0.29, 0.717) is 11.9 Å². The lowest BCUT2D eigenvalue weighted by Crippen LogP contribution is -2.46. The molecule has 5 heteroatoms. The summed E-state index contributed by atoms with van der Waals surface area (Å²) in [6.45, 7) is 10.5. The number of rotatable bonds is 2. The summed E-state index contributed by atoms with van der Waals surface area (Å²) in [5.41, 5.74) is 7.04. The molecule has 1 aromatic rings. The number of hydrogen-bond acceptors (Lipinski definition) is 5. The maximum absolute atomic E-state index is 6.13. The highest BCUT2D eigenvalue weighted by Crippen LogP contribution is 2.29. The highest BCUT2D eigenvalue weighted by Gasteiger charge is 2.26. The van der Waals surface area contributed by atoms with Gasteiger partial charge in [0.15, 0.2) is 0 Å². The molecule has 2 N–H and O–H groups in total. The fourth-order valence-corrected chi connectivity index (χ4v) is 2.73. The lowest BCUT2D eigenvalue weighted by molar-refractivity contribution is 0.257. The van der Waals surface area contributed by atoms with Crippen molar-refractivity contribution in [3.63, 3.8) is 0 Å². The summed E-state index contributed by atoms with van der Waals surface area (Å²) in [7, 11) is 4.30. The SMILES string of the molecule is Cc1c(N)nc(C(C)(C)C)nc1N1CCCC(N(C)C)C1. The summed E-state index contributed by atoms with van der Waals surface area (Å²) < 4.78 is 0. The molecule has 1 fully saturated rings. The Kier molecular flexibility index (Phi) is 4.42. The Morgan fingerprint density at radius 3 is 2.48 bits per heavy atom. The average molecular weight is 291 g/mol. The Morgan fingerprint density at radius 1 is 1.24 bits per heavy atom. The van der Waals surface area contributed by atoms with Crippen LogP contribution in [-0.4, -0.2) is 48.1 Å². The Hall–Kier alpha value is -1.36. The number of piperidine rings is 1. The molecule has 0 bridgehead atoms. The van der Waals surface area contributed by atoms with Crippen LogP contribution in [0.1, 0.15) is 45.0 Å². The standard InChI is InChI=1S/C16H29N5/c1-11-13(17)18-15(16(2,3)4)19-14(11)21-9-7-8-12(10-21)20(5)6/h12H,7-10H2,1-6H3,(H2,17,18,19). The van der Waals surface area contributed by atoms with Crippen molar-refractivity contribution >= 4 is 11.6 Å². The number of nitrogens with zero attached hydrogens (tertiary/aromatic N) is 4. The van der Waals surface area contributed by atoms with Crippen molar-refractivity contribution in [2.75, 3.05) is 37.8 Å². The molecule has 118 valence electrons. The Bertz CT molecular complexity index is 504. The first-order valence-corrected chi connectivity index (χ1v) is 7.76. The molecule has 1 aliphatic heterocycles. The van der Waals surface area contributed by atoms with E-state index in [9.17, 15) is 0 Å². The van der Waals surface area contributed by atoms with Gasteiger partial charge >= 0.3 is 0 Å². The van der Waals surface area contributed by atoms with Gasteiger partial charge in [0.2, 0.25) is 0 Å². The fraction of sp³-hybridized carbons (Fsp3) is 0.750. The Labute approximate surface area is 128 Å². The zero-order valence-electron chi connectivity index (χ0n) is 14.3. The number of nitrogens with two attached hydrogens (primary N) is 1. The second-order valence-corrected chi connectivity index (χ2v) is 7.34. The number of likely N-dealkylation sites (N-methyl/N-ethyl adjacent to an activating group) is 1. The molecule has 0 spiro atoms. The molecule has 1 saturated heterocycles. The minimum atomic E-state index is -0.0900. The van der Waals surface area contributed by atoms with Crippen LogP contribution in [0.4, 0.5) is 11.6 Å². The summed E-state index contributed by atoms with van der Waals surface area (Å²) in [5.74, 6) is 2.45. The second-order valence-electron chi connectivity index (χ2n) is 7.34. The molecular formula is C16H29N5. The molecular weight excluding hydrogens is 262 g/mol. The van der Waals surface area contributed by atoms with Gasteiger partial charge in [-0.05, 0) is 33.9 Å². The Balaban J connectivity index is 2.36. The number of hydrogen-bond donors (Lipinski definition) is 1. The van der Waals surface area contributed by atoms with Crippen LogP contribution in [0.5, 0.6) is 0 Å². The monoisotopic (exact) mass is 291 g/mol. The van der Waals surface area contributed by atoms with E-state index in [4.69, 9.17) is 10.7 Å². The molecule has 2 heterocycles. The van der Waals surface area contributed by atoms with Crippen LogP contribution in [0.25, 0.3) is 0 Å². The third-order valence-electron chi connectivity index (χ3n) is 4.25. The van der Waals surface area contributed by atoms with Crippen LogP contribution >= 0.6 is 0 Å². The van der Waals surface area contributed by atoms with Gasteiger partial charge in [0, 0.05) is 30.1 Å². The third-order valence-corrected chi connectivity index (χ3v) is 4.25. The zero-order chi connectivity index (χ0) is 15.8. The van der Waals surface area contributed by atoms with Gasteiger partial charge in [-0.2, -0.15) is 0 Å². The molecule has 0 aromatic carbocycles. The van der Waals surface area contributed by atoms with E-state index in [1.54, 1.807) is 0 Å². The maximum Gasteiger partial charge on any atom is 0.138 e. The highest BCUT2D eigenvalue weighted by molar-refractivity contribution is 5.57. The fourth-order valence-electron chi connectivity index (χ4n) is 2.73. The smallest absolute Gasteiger partial charge is 0.138 e. The minimum absolute atomic E-state index is 0.0900. The Morgan fingerprint density at radius 2 is 1.90 bits per heavy atom. The molecule has 1 atom stereocenters. The first kappa shape index (κ1) is 16.0. The third kappa shape index (κ3) is 3.46. The highest BCUT2D eigenvalue weighted by atomic mass is 15.3. The summed E-state index contributed by atoms with van der Waals surface area (Å²) in [6.07, 6.45) is 2.44. The van der Waals surface area contributed by atoms with Crippen LogP contribution in [0, 0.1) is 6.92 Å². The lowest BCUT2D eigenvalue weighted by Gasteiger charge is -2.37. The molecule has 5 nitrogen and oxygen atoms in total. The van der Waals surface area contributed by atoms with Gasteiger partial charge in [-0.25, -0.2) is 9.97 Å². The molecule has 21 heavy (non-hydrogen) atoms. The van der Waals surface area contributed by atoms with Crippen molar-refractivity contribution < 1.29 is 0 Å². The van der Waals surface area contributed by atoms with Gasteiger partial charge in [0.25, 0.3) is 0 Å². The van der Waals surface area contributed by atoms with Gasteiger partial charge in [0.1, 0.15) is 17.5 Å². The predicted octanol–water partition coefficient (Wildman–Crippen LogP) is 2.20. The largest absolute Gasteiger partial charge is 0.383 e. The van der Waals surface area contributed by atoms with Gasteiger partial charge in [-0.1, -0.05) is 20.8 Å². The predicted molar refractivity (Wildman–Crippen MR) is 88.8 cm³/mol. The summed E-state index contributed by atoms with van der Waals surface area (Å²) in [6, 6.07) is 0.576. The zero-order valence-corrected chi connectivity index (χ0v) is 14.3. The molecule has 0 saturated carbocycles. The molecule has 1 aliphatic rings. The molecule has 1 aromatic heterocycles.